The molecule has 0 amide bonds. The number of rotatable bonds is 2. The highest BCUT2D eigenvalue weighted by Crippen LogP contribution is 2.53. The van der Waals surface area contributed by atoms with E-state index in [1.807, 2.05) is 27.7 Å². The molecule has 1 aromatic rings. The highest BCUT2D eigenvalue weighted by atomic mass is 16.5. The first-order valence-corrected chi connectivity index (χ1v) is 8.11. The van der Waals surface area contributed by atoms with Gasteiger partial charge in [-0.15, -0.1) is 0 Å². The number of carboxylic acids is 1. The average molecular weight is 320 g/mol. The maximum absolute atomic E-state index is 11.7. The van der Waals surface area contributed by atoms with Gasteiger partial charge in [-0.25, -0.2) is 0 Å². The molecule has 5 nitrogen and oxygen atoms in total. The van der Waals surface area contributed by atoms with Gasteiger partial charge >= 0.3 is 5.97 Å². The van der Waals surface area contributed by atoms with Crippen molar-refractivity contribution in [3.63, 3.8) is 0 Å². The molecule has 1 saturated heterocycles. The second kappa shape index (κ2) is 5.41. The van der Waals surface area contributed by atoms with Gasteiger partial charge in [0.15, 0.2) is 0 Å². The lowest BCUT2D eigenvalue weighted by Gasteiger charge is -2.51. The molecule has 0 spiro atoms. The van der Waals surface area contributed by atoms with E-state index in [-0.39, 0.29) is 29.8 Å². The average Bonchev–Trinajstić information content (AvgIpc) is 2.46. The van der Waals surface area contributed by atoms with Crippen LogP contribution >= 0.6 is 0 Å². The SMILES string of the molecule is CC(C)[C@H]1O[C@H]2c3cc(O)ccc3OC(C)(C)[C@@H]2C[C@@H]1C(=O)O. The molecule has 5 heteroatoms. The molecule has 0 aliphatic carbocycles. The van der Waals surface area contributed by atoms with Crippen LogP contribution in [-0.4, -0.2) is 27.9 Å². The molecule has 126 valence electrons. The van der Waals surface area contributed by atoms with Gasteiger partial charge in [-0.1, -0.05) is 13.8 Å². The third-order valence-electron chi connectivity index (χ3n) is 5.11. The summed E-state index contributed by atoms with van der Waals surface area (Å²) in [4.78, 5) is 11.7. The fourth-order valence-electron chi connectivity index (χ4n) is 3.90. The molecule has 23 heavy (non-hydrogen) atoms. The molecule has 2 aliphatic heterocycles. The van der Waals surface area contributed by atoms with Crippen molar-refractivity contribution >= 4 is 5.97 Å². The number of carbonyl (C=O) groups is 1. The summed E-state index contributed by atoms with van der Waals surface area (Å²) in [5.74, 6) is -0.476. The maximum Gasteiger partial charge on any atom is 0.309 e. The number of fused-ring (bicyclic) bond motifs is 3. The van der Waals surface area contributed by atoms with Crippen LogP contribution in [0.3, 0.4) is 0 Å². The summed E-state index contributed by atoms with van der Waals surface area (Å²) in [7, 11) is 0. The fraction of sp³-hybridized carbons (Fsp3) is 0.611. The molecule has 0 radical (unpaired) electrons. The molecule has 0 saturated carbocycles. The van der Waals surface area contributed by atoms with Crippen LogP contribution in [-0.2, 0) is 9.53 Å². The molecule has 0 bridgehead atoms. The minimum Gasteiger partial charge on any atom is -0.508 e. The lowest BCUT2D eigenvalue weighted by atomic mass is 9.70. The number of ether oxygens (including phenoxy) is 2. The summed E-state index contributed by atoms with van der Waals surface area (Å²) in [5.41, 5.74) is 0.286. The van der Waals surface area contributed by atoms with Crippen molar-refractivity contribution in [2.24, 2.45) is 17.8 Å². The normalized spacial score (nSPS) is 31.9. The van der Waals surface area contributed by atoms with Crippen LogP contribution in [0.2, 0.25) is 0 Å². The van der Waals surface area contributed by atoms with E-state index in [0.29, 0.717) is 12.2 Å². The molecule has 2 aliphatic rings. The summed E-state index contributed by atoms with van der Waals surface area (Å²) >= 11 is 0. The minimum absolute atomic E-state index is 0.0760. The lowest BCUT2D eigenvalue weighted by molar-refractivity contribution is -0.195. The van der Waals surface area contributed by atoms with Crippen molar-refractivity contribution in [3.05, 3.63) is 23.8 Å². The molecule has 3 rings (SSSR count). The number of hydrogen-bond donors (Lipinski definition) is 2. The van der Waals surface area contributed by atoms with Gasteiger partial charge in [-0.05, 0) is 44.4 Å². The Bertz CT molecular complexity index is 622. The zero-order valence-electron chi connectivity index (χ0n) is 13.9. The van der Waals surface area contributed by atoms with Crippen molar-refractivity contribution in [1.82, 2.24) is 0 Å². The Morgan fingerprint density at radius 1 is 1.35 bits per heavy atom. The van der Waals surface area contributed by atoms with Crippen molar-refractivity contribution in [2.45, 2.75) is 51.9 Å². The first-order chi connectivity index (χ1) is 10.7. The maximum atomic E-state index is 11.7. The number of phenols is 1. The van der Waals surface area contributed by atoms with Crippen LogP contribution in [0.1, 0.15) is 45.8 Å². The third kappa shape index (κ3) is 2.67. The first-order valence-electron chi connectivity index (χ1n) is 8.11. The largest absolute Gasteiger partial charge is 0.508 e. The highest BCUT2D eigenvalue weighted by molar-refractivity contribution is 5.71. The summed E-state index contributed by atoms with van der Waals surface area (Å²) in [5, 5.41) is 19.4. The molecular weight excluding hydrogens is 296 g/mol. The van der Waals surface area contributed by atoms with E-state index in [4.69, 9.17) is 9.47 Å². The van der Waals surface area contributed by atoms with Crippen LogP contribution in [0.5, 0.6) is 11.5 Å². The first kappa shape index (κ1) is 16.1. The van der Waals surface area contributed by atoms with Crippen LogP contribution < -0.4 is 4.74 Å². The van der Waals surface area contributed by atoms with Gasteiger partial charge in [-0.2, -0.15) is 0 Å². The van der Waals surface area contributed by atoms with Gasteiger partial charge < -0.3 is 19.7 Å². The van der Waals surface area contributed by atoms with E-state index >= 15 is 0 Å². The highest BCUT2D eigenvalue weighted by Gasteiger charge is 2.52. The minimum atomic E-state index is -0.820. The van der Waals surface area contributed by atoms with Gasteiger partial charge in [0.2, 0.25) is 0 Å². The third-order valence-corrected chi connectivity index (χ3v) is 5.11. The Morgan fingerprint density at radius 3 is 2.65 bits per heavy atom. The summed E-state index contributed by atoms with van der Waals surface area (Å²) in [6, 6.07) is 5.01. The Balaban J connectivity index is 2.05. The number of phenolic OH excluding ortho intramolecular Hbond substituents is 1. The van der Waals surface area contributed by atoms with Gasteiger partial charge in [-0.3, -0.25) is 4.79 Å². The van der Waals surface area contributed by atoms with Crippen molar-refractivity contribution in [3.8, 4) is 11.5 Å². The Hall–Kier alpha value is -1.75. The molecular formula is C18H24O5. The number of aliphatic carboxylic acids is 1. The Labute approximate surface area is 136 Å². The summed E-state index contributed by atoms with van der Waals surface area (Å²) in [6.07, 6.45) is -0.105. The molecule has 2 heterocycles. The van der Waals surface area contributed by atoms with Crippen LogP contribution in [0.15, 0.2) is 18.2 Å². The molecule has 1 aromatic carbocycles. The zero-order chi connectivity index (χ0) is 16.9. The van der Waals surface area contributed by atoms with E-state index in [1.54, 1.807) is 18.2 Å². The van der Waals surface area contributed by atoms with Crippen LogP contribution in [0, 0.1) is 17.8 Å². The topological polar surface area (TPSA) is 76.0 Å². The zero-order valence-corrected chi connectivity index (χ0v) is 13.9. The molecule has 1 fully saturated rings. The number of hydrogen-bond acceptors (Lipinski definition) is 4. The standard InChI is InChI=1S/C18H24O5/c1-9(2)15-12(17(20)21)8-13-16(22-15)11-7-10(19)5-6-14(11)23-18(13,3)4/h5-7,9,12-13,15-16,19H,8H2,1-4H3,(H,20,21)/t12-,13+,15+,16-/m0/s1. The van der Waals surface area contributed by atoms with Gasteiger partial charge in [0.1, 0.15) is 17.1 Å². The van der Waals surface area contributed by atoms with E-state index in [0.717, 1.165) is 5.56 Å². The quantitative estimate of drug-likeness (QED) is 0.874. The monoisotopic (exact) mass is 320 g/mol. The Kier molecular flexibility index (Phi) is 3.79. The number of aromatic hydroxyl groups is 1. The van der Waals surface area contributed by atoms with Crippen molar-refractivity contribution in [2.75, 3.05) is 0 Å². The van der Waals surface area contributed by atoms with E-state index < -0.39 is 17.5 Å². The smallest absolute Gasteiger partial charge is 0.309 e. The van der Waals surface area contributed by atoms with Crippen LogP contribution in [0.25, 0.3) is 0 Å². The van der Waals surface area contributed by atoms with Gasteiger partial charge in [0.05, 0.1) is 18.1 Å². The van der Waals surface area contributed by atoms with Crippen molar-refractivity contribution in [1.29, 1.82) is 0 Å². The second-order valence-corrected chi connectivity index (χ2v) is 7.48. The molecule has 0 aromatic heterocycles. The summed E-state index contributed by atoms with van der Waals surface area (Å²) < 4.78 is 12.4. The fourth-order valence-corrected chi connectivity index (χ4v) is 3.90. The molecule has 2 N–H and O–H groups in total. The van der Waals surface area contributed by atoms with Gasteiger partial charge in [0, 0.05) is 11.5 Å². The lowest BCUT2D eigenvalue weighted by Crippen LogP contribution is -2.53. The summed E-state index contributed by atoms with van der Waals surface area (Å²) in [6.45, 7) is 7.90. The number of benzene rings is 1. The van der Waals surface area contributed by atoms with Crippen LogP contribution in [0.4, 0.5) is 0 Å². The van der Waals surface area contributed by atoms with E-state index in [9.17, 15) is 15.0 Å². The molecule has 4 atom stereocenters. The molecule has 0 unspecified atom stereocenters. The van der Waals surface area contributed by atoms with Crippen molar-refractivity contribution < 1.29 is 24.5 Å². The number of carboxylic acid groups (broad SMARTS) is 1. The van der Waals surface area contributed by atoms with Gasteiger partial charge in [0.25, 0.3) is 0 Å². The predicted octanol–water partition coefficient (Wildman–Crippen LogP) is 3.37. The van der Waals surface area contributed by atoms with E-state index in [2.05, 4.69) is 0 Å². The van der Waals surface area contributed by atoms with E-state index in [1.165, 1.54) is 0 Å². The Morgan fingerprint density at radius 2 is 2.04 bits per heavy atom. The predicted molar refractivity (Wildman–Crippen MR) is 84.5 cm³/mol. The second-order valence-electron chi connectivity index (χ2n) is 7.48.